The minimum atomic E-state index is 0.718. The first-order chi connectivity index (χ1) is 9.88. The van der Waals surface area contributed by atoms with E-state index in [0.29, 0.717) is 0 Å². The Morgan fingerprint density at radius 3 is 2.70 bits per heavy atom. The fourth-order valence-corrected chi connectivity index (χ4v) is 4.12. The van der Waals surface area contributed by atoms with E-state index in [1.54, 1.807) is 0 Å². The van der Waals surface area contributed by atoms with Gasteiger partial charge >= 0.3 is 0 Å². The monoisotopic (exact) mass is 272 g/mol. The lowest BCUT2D eigenvalue weighted by Gasteiger charge is -2.27. The van der Waals surface area contributed by atoms with E-state index >= 15 is 0 Å². The number of hydrogen-bond acceptors (Lipinski definition) is 2. The molecule has 0 spiro atoms. The van der Waals surface area contributed by atoms with Crippen LogP contribution in [0.15, 0.2) is 24.3 Å². The number of nitrogens with one attached hydrogen (secondary N) is 2. The summed E-state index contributed by atoms with van der Waals surface area (Å²) in [6.45, 7) is 4.52. The number of benzene rings is 1. The van der Waals surface area contributed by atoms with Crippen molar-refractivity contribution in [3.05, 3.63) is 35.4 Å². The predicted octanol–water partition coefficient (Wildman–Crippen LogP) is 3.26. The van der Waals surface area contributed by atoms with E-state index in [2.05, 4.69) is 41.8 Å². The molecule has 0 aromatic heterocycles. The van der Waals surface area contributed by atoms with Crippen molar-refractivity contribution in [1.82, 2.24) is 10.6 Å². The first kappa shape index (κ1) is 14.1. The van der Waals surface area contributed by atoms with Gasteiger partial charge in [0, 0.05) is 18.6 Å². The van der Waals surface area contributed by atoms with Crippen molar-refractivity contribution in [3.8, 4) is 0 Å². The van der Waals surface area contributed by atoms with Crippen molar-refractivity contribution in [2.75, 3.05) is 6.54 Å². The topological polar surface area (TPSA) is 24.1 Å². The summed E-state index contributed by atoms with van der Waals surface area (Å²) < 4.78 is 0. The van der Waals surface area contributed by atoms with Crippen molar-refractivity contribution in [2.24, 2.45) is 5.92 Å². The zero-order chi connectivity index (χ0) is 13.8. The number of hydrogen-bond donors (Lipinski definition) is 2. The van der Waals surface area contributed by atoms with E-state index < -0.39 is 0 Å². The molecule has 0 amide bonds. The van der Waals surface area contributed by atoms with Crippen molar-refractivity contribution in [2.45, 2.75) is 64.1 Å². The molecule has 1 saturated heterocycles. The molecule has 2 N–H and O–H groups in total. The van der Waals surface area contributed by atoms with Crippen LogP contribution in [0.2, 0.25) is 0 Å². The first-order valence-electron chi connectivity index (χ1n) is 8.42. The van der Waals surface area contributed by atoms with Crippen molar-refractivity contribution in [3.63, 3.8) is 0 Å². The average Bonchev–Trinajstić information content (AvgIpc) is 3.15. The third kappa shape index (κ3) is 3.07. The number of aryl methyl sites for hydroxylation is 1. The molecule has 1 heterocycles. The maximum absolute atomic E-state index is 3.86. The molecule has 20 heavy (non-hydrogen) atoms. The highest BCUT2D eigenvalue weighted by molar-refractivity contribution is 5.26. The van der Waals surface area contributed by atoms with Gasteiger partial charge in [0.05, 0.1) is 0 Å². The van der Waals surface area contributed by atoms with Crippen molar-refractivity contribution in [1.29, 1.82) is 0 Å². The van der Waals surface area contributed by atoms with Gasteiger partial charge < -0.3 is 10.6 Å². The average molecular weight is 272 g/mol. The second kappa shape index (κ2) is 6.73. The van der Waals surface area contributed by atoms with Crippen LogP contribution in [0.4, 0.5) is 0 Å². The van der Waals surface area contributed by atoms with Crippen molar-refractivity contribution >= 4 is 0 Å². The maximum Gasteiger partial charge on any atom is 0.0210 e. The van der Waals surface area contributed by atoms with Crippen LogP contribution in [0, 0.1) is 5.92 Å². The van der Waals surface area contributed by atoms with Crippen LogP contribution in [0.25, 0.3) is 0 Å². The Morgan fingerprint density at radius 1 is 1.10 bits per heavy atom. The number of rotatable bonds is 5. The van der Waals surface area contributed by atoms with E-state index in [1.807, 2.05) is 0 Å². The van der Waals surface area contributed by atoms with Gasteiger partial charge in [0.2, 0.25) is 0 Å². The largest absolute Gasteiger partial charge is 0.314 e. The predicted molar refractivity (Wildman–Crippen MR) is 84.8 cm³/mol. The van der Waals surface area contributed by atoms with Gasteiger partial charge in [-0.05, 0) is 55.7 Å². The van der Waals surface area contributed by atoms with Crippen molar-refractivity contribution < 1.29 is 0 Å². The molecule has 2 nitrogen and oxygen atoms in total. The van der Waals surface area contributed by atoms with E-state index in [4.69, 9.17) is 0 Å². The van der Waals surface area contributed by atoms with Gasteiger partial charge in [-0.25, -0.2) is 0 Å². The molecule has 1 aliphatic heterocycles. The third-order valence-corrected chi connectivity index (χ3v) is 5.24. The standard InChI is InChI=1S/C18H28N2/c1-2-14-7-3-4-8-15(14)13-20-18-10-5-9-16(18)17-11-6-12-19-17/h3-4,7-8,16-20H,2,5-6,9-13H2,1H3. The Morgan fingerprint density at radius 2 is 1.95 bits per heavy atom. The molecule has 110 valence electrons. The summed E-state index contributed by atoms with van der Waals surface area (Å²) in [5.41, 5.74) is 2.98. The molecule has 0 radical (unpaired) electrons. The zero-order valence-corrected chi connectivity index (χ0v) is 12.7. The van der Waals surface area contributed by atoms with Crippen LogP contribution in [0.3, 0.4) is 0 Å². The Bertz CT molecular complexity index is 423. The van der Waals surface area contributed by atoms with E-state index in [9.17, 15) is 0 Å². The molecule has 3 unspecified atom stereocenters. The highest BCUT2D eigenvalue weighted by atomic mass is 15.0. The first-order valence-corrected chi connectivity index (χ1v) is 8.42. The van der Waals surface area contributed by atoms with Crippen LogP contribution in [0.1, 0.15) is 50.2 Å². The summed E-state index contributed by atoms with van der Waals surface area (Å²) in [5, 5.41) is 7.57. The van der Waals surface area contributed by atoms with Gasteiger partial charge in [0.25, 0.3) is 0 Å². The molecule has 2 heteroatoms. The summed E-state index contributed by atoms with van der Waals surface area (Å²) in [7, 11) is 0. The third-order valence-electron chi connectivity index (χ3n) is 5.24. The summed E-state index contributed by atoms with van der Waals surface area (Å²) in [5.74, 6) is 0.853. The molecule has 3 rings (SSSR count). The molecule has 1 aromatic rings. The molecule has 0 bridgehead atoms. The Balaban J connectivity index is 1.59. The van der Waals surface area contributed by atoms with Crippen LogP contribution in [0.5, 0.6) is 0 Å². The van der Waals surface area contributed by atoms with Gasteiger partial charge in [-0.1, -0.05) is 37.6 Å². The highest BCUT2D eigenvalue weighted by Gasteiger charge is 2.34. The normalized spacial score (nSPS) is 29.9. The molecule has 1 aromatic carbocycles. The molecule has 2 aliphatic rings. The lowest BCUT2D eigenvalue weighted by atomic mass is 9.93. The Hall–Kier alpha value is -0.860. The molecule has 3 atom stereocenters. The molecule has 1 saturated carbocycles. The minimum Gasteiger partial charge on any atom is -0.314 e. The summed E-state index contributed by atoms with van der Waals surface area (Å²) in [4.78, 5) is 0. The Kier molecular flexibility index (Phi) is 4.74. The van der Waals surface area contributed by atoms with Gasteiger partial charge in [-0.2, -0.15) is 0 Å². The fraction of sp³-hybridized carbons (Fsp3) is 0.667. The van der Waals surface area contributed by atoms with E-state index in [-0.39, 0.29) is 0 Å². The van der Waals surface area contributed by atoms with Crippen LogP contribution in [-0.4, -0.2) is 18.6 Å². The minimum absolute atomic E-state index is 0.718. The Labute approximate surface area is 123 Å². The molecular formula is C18H28N2. The SMILES string of the molecule is CCc1ccccc1CNC1CCCC1C1CCCN1. The van der Waals surface area contributed by atoms with Crippen LogP contribution >= 0.6 is 0 Å². The van der Waals surface area contributed by atoms with Gasteiger partial charge in [0.1, 0.15) is 0 Å². The fourth-order valence-electron chi connectivity index (χ4n) is 4.12. The lowest BCUT2D eigenvalue weighted by molar-refractivity contribution is 0.319. The quantitative estimate of drug-likeness (QED) is 0.860. The second-order valence-corrected chi connectivity index (χ2v) is 6.41. The summed E-state index contributed by atoms with van der Waals surface area (Å²) in [6, 6.07) is 10.4. The summed E-state index contributed by atoms with van der Waals surface area (Å²) in [6.07, 6.45) is 8.05. The highest BCUT2D eigenvalue weighted by Crippen LogP contribution is 2.32. The molecule has 2 fully saturated rings. The second-order valence-electron chi connectivity index (χ2n) is 6.41. The lowest BCUT2D eigenvalue weighted by Crippen LogP contribution is -2.41. The maximum atomic E-state index is 3.86. The van der Waals surface area contributed by atoms with Crippen LogP contribution in [-0.2, 0) is 13.0 Å². The van der Waals surface area contributed by atoms with E-state index in [1.165, 1.54) is 49.8 Å². The van der Waals surface area contributed by atoms with Crippen LogP contribution < -0.4 is 10.6 Å². The van der Waals surface area contributed by atoms with Gasteiger partial charge in [-0.3, -0.25) is 0 Å². The zero-order valence-electron chi connectivity index (χ0n) is 12.7. The molecule has 1 aliphatic carbocycles. The van der Waals surface area contributed by atoms with Gasteiger partial charge in [-0.15, -0.1) is 0 Å². The van der Waals surface area contributed by atoms with E-state index in [0.717, 1.165) is 31.0 Å². The smallest absolute Gasteiger partial charge is 0.0210 e. The summed E-state index contributed by atoms with van der Waals surface area (Å²) >= 11 is 0. The van der Waals surface area contributed by atoms with Gasteiger partial charge in [0.15, 0.2) is 0 Å². The molecular weight excluding hydrogens is 244 g/mol.